The summed E-state index contributed by atoms with van der Waals surface area (Å²) in [4.78, 5) is 24.6. The van der Waals surface area contributed by atoms with Crippen molar-refractivity contribution >= 4 is 21.8 Å². The third-order valence-corrected chi connectivity index (χ3v) is 7.20. The van der Waals surface area contributed by atoms with Crippen molar-refractivity contribution in [2.75, 3.05) is 33.4 Å². The molecule has 0 radical (unpaired) electrons. The van der Waals surface area contributed by atoms with Gasteiger partial charge in [-0.25, -0.2) is 8.42 Å². The molecule has 1 aliphatic rings. The molecular formula is C23H29N3O6S. The zero-order valence-electron chi connectivity index (χ0n) is 18.7. The first-order chi connectivity index (χ1) is 15.8. The third-order valence-electron chi connectivity index (χ3n) is 5.30. The number of amides is 2. The molecule has 2 aromatic rings. The van der Waals surface area contributed by atoms with Gasteiger partial charge in [0.05, 0.1) is 25.2 Å². The molecule has 2 N–H and O–H groups in total. The summed E-state index contributed by atoms with van der Waals surface area (Å²) in [5.41, 5.74) is 1.86. The first-order valence-corrected chi connectivity index (χ1v) is 12.1. The number of nitrogens with one attached hydrogen (secondary N) is 2. The summed E-state index contributed by atoms with van der Waals surface area (Å²) in [6.45, 7) is 2.62. The van der Waals surface area contributed by atoms with Crippen molar-refractivity contribution in [3.63, 3.8) is 0 Å². The topological polar surface area (TPSA) is 114 Å². The maximum atomic E-state index is 13.1. The van der Waals surface area contributed by atoms with Crippen molar-refractivity contribution in [2.24, 2.45) is 0 Å². The molecule has 10 heteroatoms. The minimum absolute atomic E-state index is 0.135. The van der Waals surface area contributed by atoms with Crippen molar-refractivity contribution < 1.29 is 27.5 Å². The van der Waals surface area contributed by atoms with Crippen molar-refractivity contribution in [3.8, 4) is 5.75 Å². The van der Waals surface area contributed by atoms with E-state index in [2.05, 4.69) is 10.6 Å². The molecule has 1 fully saturated rings. The molecule has 2 aromatic carbocycles. The fourth-order valence-electron chi connectivity index (χ4n) is 3.51. The zero-order valence-corrected chi connectivity index (χ0v) is 19.6. The molecule has 1 unspecified atom stereocenters. The van der Waals surface area contributed by atoms with Crippen LogP contribution in [0.1, 0.15) is 17.5 Å². The first-order valence-electron chi connectivity index (χ1n) is 10.7. The van der Waals surface area contributed by atoms with E-state index in [0.29, 0.717) is 25.2 Å². The first kappa shape index (κ1) is 24.7. The zero-order chi connectivity index (χ0) is 23.8. The number of benzene rings is 2. The SMILES string of the molecule is COc1ccccc1CCNC(=O)C(=O)NCC1OCCCN1S(=O)(=O)c1ccc(C)cc1. The molecule has 178 valence electrons. The van der Waals surface area contributed by atoms with Gasteiger partial charge in [-0.15, -0.1) is 0 Å². The summed E-state index contributed by atoms with van der Waals surface area (Å²) < 4.78 is 38.2. The normalized spacial score (nSPS) is 16.7. The molecule has 0 aromatic heterocycles. The van der Waals surface area contributed by atoms with Gasteiger partial charge in [0.15, 0.2) is 0 Å². The molecular weight excluding hydrogens is 446 g/mol. The summed E-state index contributed by atoms with van der Waals surface area (Å²) in [5.74, 6) is -0.939. The molecule has 0 saturated carbocycles. The van der Waals surface area contributed by atoms with Gasteiger partial charge >= 0.3 is 11.8 Å². The number of carbonyl (C=O) groups is 2. The van der Waals surface area contributed by atoms with E-state index >= 15 is 0 Å². The van der Waals surface area contributed by atoms with Gasteiger partial charge in [-0.05, 0) is 43.5 Å². The number of nitrogens with zero attached hydrogens (tertiary/aromatic N) is 1. The van der Waals surface area contributed by atoms with Gasteiger partial charge in [-0.2, -0.15) is 4.31 Å². The minimum atomic E-state index is -3.80. The van der Waals surface area contributed by atoms with Crippen LogP contribution in [0.25, 0.3) is 0 Å². The van der Waals surface area contributed by atoms with Crippen LogP contribution in [0.2, 0.25) is 0 Å². The Morgan fingerprint density at radius 1 is 1.09 bits per heavy atom. The number of hydrogen-bond acceptors (Lipinski definition) is 6. The molecule has 1 heterocycles. The molecule has 1 saturated heterocycles. The van der Waals surface area contributed by atoms with E-state index in [9.17, 15) is 18.0 Å². The largest absolute Gasteiger partial charge is 0.496 e. The number of para-hydroxylation sites is 1. The number of aryl methyl sites for hydroxylation is 1. The van der Waals surface area contributed by atoms with Crippen molar-refractivity contribution in [2.45, 2.75) is 30.9 Å². The van der Waals surface area contributed by atoms with E-state index in [1.54, 1.807) is 31.4 Å². The second-order valence-electron chi connectivity index (χ2n) is 7.64. The van der Waals surface area contributed by atoms with E-state index in [-0.39, 0.29) is 24.5 Å². The monoisotopic (exact) mass is 475 g/mol. The van der Waals surface area contributed by atoms with Crippen LogP contribution in [0.15, 0.2) is 53.4 Å². The molecule has 0 aliphatic carbocycles. The van der Waals surface area contributed by atoms with Crippen molar-refractivity contribution in [1.29, 1.82) is 0 Å². The second kappa shape index (κ2) is 11.3. The Labute approximate surface area is 194 Å². The number of ether oxygens (including phenoxy) is 2. The minimum Gasteiger partial charge on any atom is -0.496 e. The predicted octanol–water partition coefficient (Wildman–Crippen LogP) is 1.22. The molecule has 0 bridgehead atoms. The number of carbonyl (C=O) groups excluding carboxylic acids is 2. The Morgan fingerprint density at radius 2 is 1.79 bits per heavy atom. The van der Waals surface area contributed by atoms with Crippen LogP contribution in [0.3, 0.4) is 0 Å². The average Bonchev–Trinajstić information content (AvgIpc) is 2.83. The lowest BCUT2D eigenvalue weighted by Crippen LogP contribution is -2.53. The van der Waals surface area contributed by atoms with E-state index in [1.165, 1.54) is 4.31 Å². The van der Waals surface area contributed by atoms with Crippen LogP contribution in [-0.4, -0.2) is 64.1 Å². The fraction of sp³-hybridized carbons (Fsp3) is 0.391. The summed E-state index contributed by atoms with van der Waals surface area (Å²) in [7, 11) is -2.23. The summed E-state index contributed by atoms with van der Waals surface area (Å²) in [6.07, 6.45) is 0.145. The van der Waals surface area contributed by atoms with Crippen LogP contribution >= 0.6 is 0 Å². The maximum absolute atomic E-state index is 13.1. The standard InChI is InChI=1S/C23H29N3O6S/c1-17-8-10-19(11-9-17)33(29,30)26-14-5-15-32-21(26)16-25-23(28)22(27)24-13-12-18-6-3-4-7-20(18)31-2/h3-4,6-11,21H,5,12-16H2,1-2H3,(H,24,27)(H,25,28). The van der Waals surface area contributed by atoms with Gasteiger partial charge in [0.25, 0.3) is 0 Å². The van der Waals surface area contributed by atoms with Crippen LogP contribution in [-0.2, 0) is 30.8 Å². The van der Waals surface area contributed by atoms with Crippen LogP contribution < -0.4 is 15.4 Å². The highest BCUT2D eigenvalue weighted by atomic mass is 32.2. The Morgan fingerprint density at radius 3 is 2.52 bits per heavy atom. The smallest absolute Gasteiger partial charge is 0.309 e. The van der Waals surface area contributed by atoms with Gasteiger partial charge in [0, 0.05) is 13.1 Å². The van der Waals surface area contributed by atoms with E-state index in [1.807, 2.05) is 31.2 Å². The molecule has 9 nitrogen and oxygen atoms in total. The lowest BCUT2D eigenvalue weighted by atomic mass is 10.1. The Bertz CT molecular complexity index is 1070. The van der Waals surface area contributed by atoms with Crippen LogP contribution in [0, 0.1) is 6.92 Å². The Balaban J connectivity index is 1.54. The highest BCUT2D eigenvalue weighted by Gasteiger charge is 2.34. The quantitative estimate of drug-likeness (QED) is 0.555. The number of methoxy groups -OCH3 is 1. The van der Waals surface area contributed by atoms with Gasteiger partial charge in [-0.1, -0.05) is 35.9 Å². The maximum Gasteiger partial charge on any atom is 0.309 e. The summed E-state index contributed by atoms with van der Waals surface area (Å²) >= 11 is 0. The molecule has 1 aliphatic heterocycles. The van der Waals surface area contributed by atoms with E-state index in [0.717, 1.165) is 11.1 Å². The number of sulfonamides is 1. The van der Waals surface area contributed by atoms with E-state index < -0.39 is 28.1 Å². The van der Waals surface area contributed by atoms with Gasteiger partial charge in [0.2, 0.25) is 10.0 Å². The molecule has 2 amide bonds. The van der Waals surface area contributed by atoms with Crippen LogP contribution in [0.4, 0.5) is 0 Å². The van der Waals surface area contributed by atoms with Gasteiger partial charge in [-0.3, -0.25) is 9.59 Å². The summed E-state index contributed by atoms with van der Waals surface area (Å²) in [5, 5.41) is 5.04. The predicted molar refractivity (Wildman–Crippen MR) is 122 cm³/mol. The number of hydrogen-bond donors (Lipinski definition) is 2. The number of rotatable bonds is 8. The highest BCUT2D eigenvalue weighted by molar-refractivity contribution is 7.89. The third kappa shape index (κ3) is 6.31. The van der Waals surface area contributed by atoms with Crippen molar-refractivity contribution in [3.05, 3.63) is 59.7 Å². The Hall–Kier alpha value is -2.95. The Kier molecular flexibility index (Phi) is 8.43. The van der Waals surface area contributed by atoms with Gasteiger partial charge < -0.3 is 20.1 Å². The molecule has 3 rings (SSSR count). The van der Waals surface area contributed by atoms with Crippen LogP contribution in [0.5, 0.6) is 5.75 Å². The molecule has 0 spiro atoms. The average molecular weight is 476 g/mol. The van der Waals surface area contributed by atoms with Crippen molar-refractivity contribution in [1.82, 2.24) is 14.9 Å². The second-order valence-corrected chi connectivity index (χ2v) is 9.53. The van der Waals surface area contributed by atoms with E-state index in [4.69, 9.17) is 9.47 Å². The molecule has 33 heavy (non-hydrogen) atoms. The lowest BCUT2D eigenvalue weighted by molar-refractivity contribution is -0.140. The highest BCUT2D eigenvalue weighted by Crippen LogP contribution is 2.22. The van der Waals surface area contributed by atoms with Gasteiger partial charge in [0.1, 0.15) is 12.0 Å². The summed E-state index contributed by atoms with van der Waals surface area (Å²) in [6, 6.07) is 14.0. The molecule has 1 atom stereocenters. The fourth-order valence-corrected chi connectivity index (χ4v) is 5.07. The lowest BCUT2D eigenvalue weighted by Gasteiger charge is -2.34.